The number of fused-ring (bicyclic) bond motifs is 3. The molecule has 0 radical (unpaired) electrons. The van der Waals surface area contributed by atoms with Crippen LogP contribution in [0.5, 0.6) is 0 Å². The lowest BCUT2D eigenvalue weighted by Gasteiger charge is -2.01. The molecule has 0 aliphatic carbocycles. The number of anilines is 1. The third-order valence-electron chi connectivity index (χ3n) is 2.56. The van der Waals surface area contributed by atoms with Crippen molar-refractivity contribution in [1.29, 1.82) is 0 Å². The zero-order chi connectivity index (χ0) is 9.38. The van der Waals surface area contributed by atoms with Crippen molar-refractivity contribution >= 4 is 27.1 Å². The molecule has 0 saturated heterocycles. The highest BCUT2D eigenvalue weighted by molar-refractivity contribution is 7.19. The maximum absolute atomic E-state index is 3.50. The topological polar surface area (TPSA) is 24.1 Å². The second kappa shape index (κ2) is 3.26. The van der Waals surface area contributed by atoms with Crippen molar-refractivity contribution < 1.29 is 0 Å². The van der Waals surface area contributed by atoms with E-state index in [4.69, 9.17) is 0 Å². The van der Waals surface area contributed by atoms with E-state index in [0.717, 1.165) is 19.6 Å². The fourth-order valence-electron chi connectivity index (χ4n) is 1.89. The third kappa shape index (κ3) is 1.21. The number of nitrogens with one attached hydrogen (secondary N) is 2. The van der Waals surface area contributed by atoms with Gasteiger partial charge in [0, 0.05) is 34.6 Å². The first-order valence-corrected chi connectivity index (χ1v) is 5.72. The van der Waals surface area contributed by atoms with Crippen LogP contribution in [0, 0.1) is 0 Å². The summed E-state index contributed by atoms with van der Waals surface area (Å²) in [5.41, 5.74) is 1.34. The highest BCUT2D eigenvalue weighted by Crippen LogP contribution is 2.35. The minimum absolute atomic E-state index is 1.00. The summed E-state index contributed by atoms with van der Waals surface area (Å²) in [6.45, 7) is 3.07. The van der Waals surface area contributed by atoms with E-state index in [1.165, 1.54) is 20.7 Å². The van der Waals surface area contributed by atoms with Crippen molar-refractivity contribution in [3.8, 4) is 0 Å². The first-order valence-electron chi connectivity index (χ1n) is 4.90. The molecule has 1 aliphatic rings. The molecule has 0 atom stereocenters. The van der Waals surface area contributed by atoms with Gasteiger partial charge >= 0.3 is 0 Å². The molecule has 0 spiro atoms. The second-order valence-electron chi connectivity index (χ2n) is 3.50. The van der Waals surface area contributed by atoms with E-state index in [1.807, 2.05) is 11.3 Å². The molecule has 2 aromatic rings. The fourth-order valence-corrected chi connectivity index (χ4v) is 3.04. The predicted molar refractivity (Wildman–Crippen MR) is 62.0 cm³/mol. The Labute approximate surface area is 86.9 Å². The number of hydrogen-bond acceptors (Lipinski definition) is 3. The third-order valence-corrected chi connectivity index (χ3v) is 3.73. The van der Waals surface area contributed by atoms with E-state index in [2.05, 4.69) is 34.9 Å². The Balaban J connectivity index is 2.24. The van der Waals surface area contributed by atoms with Crippen LogP contribution in [0.1, 0.15) is 4.88 Å². The maximum atomic E-state index is 3.50. The molecule has 2 heterocycles. The minimum atomic E-state index is 1.00. The van der Waals surface area contributed by atoms with Crippen LogP contribution in [0.2, 0.25) is 0 Å². The van der Waals surface area contributed by atoms with Crippen LogP contribution in [-0.4, -0.2) is 13.1 Å². The molecule has 72 valence electrons. The summed E-state index contributed by atoms with van der Waals surface area (Å²) in [6.07, 6.45) is 0. The Morgan fingerprint density at radius 1 is 1.14 bits per heavy atom. The summed E-state index contributed by atoms with van der Waals surface area (Å²) < 4.78 is 1.38. The molecule has 2 nitrogen and oxygen atoms in total. The number of hydrogen-bond donors (Lipinski definition) is 2. The molecule has 1 aromatic carbocycles. The van der Waals surface area contributed by atoms with Crippen molar-refractivity contribution in [2.75, 3.05) is 18.4 Å². The first-order chi connectivity index (χ1) is 6.95. The van der Waals surface area contributed by atoms with Gasteiger partial charge < -0.3 is 10.6 Å². The minimum Gasteiger partial charge on any atom is -0.382 e. The van der Waals surface area contributed by atoms with Crippen molar-refractivity contribution in [1.82, 2.24) is 5.32 Å². The van der Waals surface area contributed by atoms with Gasteiger partial charge in [0.1, 0.15) is 0 Å². The molecular formula is C11H12N2S. The fraction of sp³-hybridized carbons (Fsp3) is 0.273. The van der Waals surface area contributed by atoms with Gasteiger partial charge in [-0.05, 0) is 6.07 Å². The van der Waals surface area contributed by atoms with Gasteiger partial charge in [-0.2, -0.15) is 0 Å². The van der Waals surface area contributed by atoms with Gasteiger partial charge in [0.15, 0.2) is 0 Å². The molecule has 1 aliphatic heterocycles. The van der Waals surface area contributed by atoms with Crippen LogP contribution in [0.4, 0.5) is 5.69 Å². The smallest absolute Gasteiger partial charge is 0.0575 e. The van der Waals surface area contributed by atoms with Crippen molar-refractivity contribution in [2.45, 2.75) is 6.54 Å². The molecule has 0 saturated carbocycles. The van der Waals surface area contributed by atoms with Gasteiger partial charge in [0.2, 0.25) is 0 Å². The summed E-state index contributed by atoms with van der Waals surface area (Å²) in [7, 11) is 0. The van der Waals surface area contributed by atoms with Crippen molar-refractivity contribution in [2.24, 2.45) is 0 Å². The lowest BCUT2D eigenvalue weighted by atomic mass is 10.2. The van der Waals surface area contributed by atoms with E-state index in [9.17, 15) is 0 Å². The van der Waals surface area contributed by atoms with Gasteiger partial charge in [-0.1, -0.05) is 18.2 Å². The Hall–Kier alpha value is -1.06. The average molecular weight is 204 g/mol. The zero-order valence-electron chi connectivity index (χ0n) is 7.84. The van der Waals surface area contributed by atoms with E-state index in [0.29, 0.717) is 0 Å². The standard InChI is InChI=1S/C11H12N2S/c1-2-4-9-8(3-1)11-10(14-9)7-12-5-6-13-11/h1-4,12-13H,5-7H2. The zero-order valence-corrected chi connectivity index (χ0v) is 8.66. The SMILES string of the molecule is c1ccc2c3c(sc2c1)CNCCN3. The van der Waals surface area contributed by atoms with Crippen LogP contribution < -0.4 is 10.6 Å². The maximum Gasteiger partial charge on any atom is 0.0575 e. The molecule has 1 aromatic heterocycles. The molecule has 3 rings (SSSR count). The van der Waals surface area contributed by atoms with Crippen LogP contribution >= 0.6 is 11.3 Å². The van der Waals surface area contributed by atoms with Crippen LogP contribution in [-0.2, 0) is 6.54 Å². The van der Waals surface area contributed by atoms with Gasteiger partial charge in [-0.15, -0.1) is 11.3 Å². The molecule has 2 N–H and O–H groups in total. The van der Waals surface area contributed by atoms with E-state index in [1.54, 1.807) is 0 Å². The molecule has 0 bridgehead atoms. The highest BCUT2D eigenvalue weighted by atomic mass is 32.1. The second-order valence-corrected chi connectivity index (χ2v) is 4.64. The van der Waals surface area contributed by atoms with E-state index in [-0.39, 0.29) is 0 Å². The van der Waals surface area contributed by atoms with E-state index < -0.39 is 0 Å². The number of thiophene rings is 1. The van der Waals surface area contributed by atoms with Crippen molar-refractivity contribution in [3.63, 3.8) is 0 Å². The Morgan fingerprint density at radius 3 is 3.07 bits per heavy atom. The van der Waals surface area contributed by atoms with Crippen LogP contribution in [0.15, 0.2) is 24.3 Å². The quantitative estimate of drug-likeness (QED) is 0.688. The van der Waals surface area contributed by atoms with Crippen molar-refractivity contribution in [3.05, 3.63) is 29.1 Å². The highest BCUT2D eigenvalue weighted by Gasteiger charge is 2.12. The lowest BCUT2D eigenvalue weighted by molar-refractivity contribution is 0.731. The molecule has 0 fully saturated rings. The summed E-state index contributed by atoms with van der Waals surface area (Å²) >= 11 is 1.89. The summed E-state index contributed by atoms with van der Waals surface area (Å²) in [5, 5.41) is 8.28. The first kappa shape index (κ1) is 8.26. The average Bonchev–Trinajstić information content (AvgIpc) is 2.42. The van der Waals surface area contributed by atoms with Crippen LogP contribution in [0.3, 0.4) is 0 Å². The normalized spacial score (nSPS) is 16.0. The van der Waals surface area contributed by atoms with E-state index >= 15 is 0 Å². The van der Waals surface area contributed by atoms with Gasteiger partial charge in [-0.25, -0.2) is 0 Å². The predicted octanol–water partition coefficient (Wildman–Crippen LogP) is 2.42. The number of benzene rings is 1. The summed E-state index contributed by atoms with van der Waals surface area (Å²) in [6, 6.07) is 8.60. The summed E-state index contributed by atoms with van der Waals surface area (Å²) in [4.78, 5) is 1.43. The molecule has 0 amide bonds. The largest absolute Gasteiger partial charge is 0.382 e. The molecular weight excluding hydrogens is 192 g/mol. The monoisotopic (exact) mass is 204 g/mol. The number of rotatable bonds is 0. The lowest BCUT2D eigenvalue weighted by Crippen LogP contribution is -2.16. The Bertz CT molecular complexity index is 461. The van der Waals surface area contributed by atoms with Gasteiger partial charge in [0.05, 0.1) is 5.69 Å². The van der Waals surface area contributed by atoms with Gasteiger partial charge in [-0.3, -0.25) is 0 Å². The Kier molecular flexibility index (Phi) is 1.92. The van der Waals surface area contributed by atoms with Crippen LogP contribution in [0.25, 0.3) is 10.1 Å². The molecule has 3 heteroatoms. The summed E-state index contributed by atoms with van der Waals surface area (Å²) in [5.74, 6) is 0. The molecule has 14 heavy (non-hydrogen) atoms. The Morgan fingerprint density at radius 2 is 2.07 bits per heavy atom. The molecule has 0 unspecified atom stereocenters. The van der Waals surface area contributed by atoms with Gasteiger partial charge in [0.25, 0.3) is 0 Å².